The normalized spacial score (nSPS) is 32.4. The van der Waals surface area contributed by atoms with Gasteiger partial charge in [0.25, 0.3) is 0 Å². The van der Waals surface area contributed by atoms with Crippen molar-refractivity contribution in [3.05, 3.63) is 24.3 Å². The fourth-order valence-corrected chi connectivity index (χ4v) is 4.42. The zero-order chi connectivity index (χ0) is 26.2. The smallest absolute Gasteiger partial charge is 0.409 e. The van der Waals surface area contributed by atoms with Crippen LogP contribution in [0, 0.1) is 0 Å². The summed E-state index contributed by atoms with van der Waals surface area (Å²) in [7, 11) is 3.16. The third-order valence-corrected chi connectivity index (χ3v) is 6.07. The topological polar surface area (TPSA) is 132 Å². The summed E-state index contributed by atoms with van der Waals surface area (Å²) in [5.74, 6) is 0.268. The molecule has 1 aromatic carbocycles. The zero-order valence-corrected chi connectivity index (χ0v) is 21.4. The Morgan fingerprint density at radius 3 is 1.58 bits per heavy atom. The minimum atomic E-state index is -0.855. The van der Waals surface area contributed by atoms with Crippen molar-refractivity contribution >= 4 is 12.2 Å². The van der Waals surface area contributed by atoms with Gasteiger partial charge in [0.15, 0.2) is 0 Å². The number of methoxy groups -OCH3 is 2. The van der Waals surface area contributed by atoms with Gasteiger partial charge < -0.3 is 28.4 Å². The summed E-state index contributed by atoms with van der Waals surface area (Å²) >= 11 is 0. The lowest BCUT2D eigenvalue weighted by Gasteiger charge is -2.37. The molecule has 12 nitrogen and oxygen atoms in total. The van der Waals surface area contributed by atoms with Crippen molar-refractivity contribution in [1.29, 1.82) is 0 Å². The Balaban J connectivity index is 1.47. The van der Waals surface area contributed by atoms with Crippen molar-refractivity contribution in [3.8, 4) is 11.5 Å². The van der Waals surface area contributed by atoms with E-state index in [2.05, 4.69) is 11.0 Å². The first kappa shape index (κ1) is 28.1. The minimum absolute atomic E-state index is 0.0200. The third-order valence-electron chi connectivity index (χ3n) is 6.07. The molecule has 1 aromatic rings. The SMILES string of the molecule is CO[C@H]1C[C@H](C)O[C@@H](C)[C@H]1ONC(=O)Oc1cccc(OC(=O)NO[C@@H]2[C@H](C)O[C@@H](C)C[C@@H]2OC)c1. The van der Waals surface area contributed by atoms with E-state index in [0.717, 1.165) is 0 Å². The molecule has 12 heteroatoms. The largest absolute Gasteiger partial charge is 0.436 e. The van der Waals surface area contributed by atoms with Crippen molar-refractivity contribution in [2.75, 3.05) is 14.2 Å². The van der Waals surface area contributed by atoms with E-state index in [9.17, 15) is 9.59 Å². The second-order valence-electron chi connectivity index (χ2n) is 8.95. The fourth-order valence-electron chi connectivity index (χ4n) is 4.42. The molecule has 2 heterocycles. The molecule has 3 rings (SSSR count). The van der Waals surface area contributed by atoms with Gasteiger partial charge in [-0.3, -0.25) is 9.68 Å². The highest BCUT2D eigenvalue weighted by atomic mass is 16.7. The number of benzene rings is 1. The average molecular weight is 513 g/mol. The third kappa shape index (κ3) is 7.76. The van der Waals surface area contributed by atoms with Crippen LogP contribution in [0.3, 0.4) is 0 Å². The Bertz CT molecular complexity index is 806. The highest BCUT2D eigenvalue weighted by Gasteiger charge is 2.38. The van der Waals surface area contributed by atoms with Crippen LogP contribution >= 0.6 is 0 Å². The van der Waals surface area contributed by atoms with E-state index < -0.39 is 24.4 Å². The van der Waals surface area contributed by atoms with E-state index >= 15 is 0 Å². The van der Waals surface area contributed by atoms with Crippen molar-refractivity contribution in [3.63, 3.8) is 0 Å². The molecule has 0 unspecified atom stereocenters. The molecule has 2 aliphatic rings. The maximum Gasteiger partial charge on any atom is 0.436 e. The van der Waals surface area contributed by atoms with Crippen LogP contribution in [-0.4, -0.2) is 75.2 Å². The highest BCUT2D eigenvalue weighted by molar-refractivity contribution is 5.71. The molecular formula is C24H36N2O10. The molecule has 202 valence electrons. The van der Waals surface area contributed by atoms with Crippen molar-refractivity contribution in [2.24, 2.45) is 0 Å². The van der Waals surface area contributed by atoms with Crippen LogP contribution in [0.4, 0.5) is 9.59 Å². The first-order valence-electron chi connectivity index (χ1n) is 11.9. The lowest BCUT2D eigenvalue weighted by molar-refractivity contribution is -0.200. The number of nitrogens with one attached hydrogen (secondary N) is 2. The van der Waals surface area contributed by atoms with Gasteiger partial charge in [0.05, 0.1) is 36.6 Å². The molecule has 2 saturated heterocycles. The predicted octanol–water partition coefficient (Wildman–Crippen LogP) is 2.89. The number of hydrogen-bond donors (Lipinski definition) is 2. The van der Waals surface area contributed by atoms with E-state index in [1.54, 1.807) is 20.3 Å². The monoisotopic (exact) mass is 512 g/mol. The molecule has 2 N–H and O–H groups in total. The van der Waals surface area contributed by atoms with E-state index in [1.807, 2.05) is 27.7 Å². The maximum absolute atomic E-state index is 12.2. The number of hydroxylamine groups is 2. The highest BCUT2D eigenvalue weighted by Crippen LogP contribution is 2.25. The molecule has 2 fully saturated rings. The average Bonchev–Trinajstić information content (AvgIpc) is 2.82. The number of ether oxygens (including phenoxy) is 6. The van der Waals surface area contributed by atoms with E-state index in [0.29, 0.717) is 12.8 Å². The predicted molar refractivity (Wildman–Crippen MR) is 125 cm³/mol. The van der Waals surface area contributed by atoms with Gasteiger partial charge in [0.2, 0.25) is 0 Å². The molecule has 2 amide bonds. The molecule has 0 aliphatic carbocycles. The van der Waals surface area contributed by atoms with Gasteiger partial charge in [-0.2, -0.15) is 11.0 Å². The zero-order valence-electron chi connectivity index (χ0n) is 21.4. The van der Waals surface area contributed by atoms with Gasteiger partial charge in [-0.15, -0.1) is 0 Å². The van der Waals surface area contributed by atoms with Crippen molar-refractivity contribution in [2.45, 2.75) is 89.4 Å². The molecule has 0 aromatic heterocycles. The van der Waals surface area contributed by atoms with Gasteiger partial charge in [-0.1, -0.05) is 6.07 Å². The summed E-state index contributed by atoms with van der Waals surface area (Å²) in [6.45, 7) is 7.58. The summed E-state index contributed by atoms with van der Waals surface area (Å²) in [4.78, 5) is 35.5. The van der Waals surface area contributed by atoms with Crippen molar-refractivity contribution in [1.82, 2.24) is 11.0 Å². The Kier molecular flexibility index (Phi) is 10.3. The van der Waals surface area contributed by atoms with E-state index in [-0.39, 0.29) is 48.1 Å². The Hall–Kier alpha value is -2.48. The summed E-state index contributed by atoms with van der Waals surface area (Å²) in [6.07, 6.45) is -2.48. The van der Waals surface area contributed by atoms with Crippen LogP contribution < -0.4 is 20.4 Å². The quantitative estimate of drug-likeness (QED) is 0.501. The summed E-state index contributed by atoms with van der Waals surface area (Å²) in [5.41, 5.74) is 4.52. The number of carbonyl (C=O) groups excluding carboxylic acids is 2. The lowest BCUT2D eigenvalue weighted by Crippen LogP contribution is -2.51. The van der Waals surface area contributed by atoms with Gasteiger partial charge in [0.1, 0.15) is 23.7 Å². The molecule has 2 aliphatic heterocycles. The summed E-state index contributed by atoms with van der Waals surface area (Å²) in [5, 5.41) is 0. The Labute approximate surface area is 210 Å². The second-order valence-corrected chi connectivity index (χ2v) is 8.95. The minimum Gasteiger partial charge on any atom is -0.409 e. The Morgan fingerprint density at radius 2 is 1.19 bits per heavy atom. The second kappa shape index (κ2) is 13.2. The fraction of sp³-hybridized carbons (Fsp3) is 0.667. The number of rotatable bonds is 8. The van der Waals surface area contributed by atoms with Gasteiger partial charge in [0, 0.05) is 33.1 Å². The van der Waals surface area contributed by atoms with Crippen molar-refractivity contribution < 1.29 is 47.7 Å². The van der Waals surface area contributed by atoms with E-state index in [1.165, 1.54) is 18.2 Å². The number of amides is 2. The van der Waals surface area contributed by atoms with Crippen LogP contribution in [0.15, 0.2) is 24.3 Å². The first-order chi connectivity index (χ1) is 17.2. The van der Waals surface area contributed by atoms with Crippen LogP contribution in [-0.2, 0) is 28.6 Å². The molecule has 0 saturated carbocycles. The molecule has 0 bridgehead atoms. The molecule has 8 atom stereocenters. The van der Waals surface area contributed by atoms with Crippen LogP contribution in [0.5, 0.6) is 11.5 Å². The van der Waals surface area contributed by atoms with Crippen LogP contribution in [0.2, 0.25) is 0 Å². The van der Waals surface area contributed by atoms with E-state index in [4.69, 9.17) is 38.1 Å². The van der Waals surface area contributed by atoms with Gasteiger partial charge in [-0.25, -0.2) is 9.59 Å². The summed E-state index contributed by atoms with van der Waals surface area (Å²) in [6, 6.07) is 5.99. The summed E-state index contributed by atoms with van der Waals surface area (Å²) < 4.78 is 32.8. The number of hydrogen-bond acceptors (Lipinski definition) is 10. The molecular weight excluding hydrogens is 476 g/mol. The van der Waals surface area contributed by atoms with Crippen LogP contribution in [0.25, 0.3) is 0 Å². The molecule has 0 radical (unpaired) electrons. The van der Waals surface area contributed by atoms with Crippen LogP contribution in [0.1, 0.15) is 40.5 Å². The number of carbonyl (C=O) groups is 2. The lowest BCUT2D eigenvalue weighted by atomic mass is 9.99. The standard InChI is InChI=1S/C24H36N2O10/c1-13-10-19(29-5)21(15(3)31-13)35-25-23(27)33-17-8-7-9-18(12-17)34-24(28)26-36-22-16(4)32-14(2)11-20(22)30-6/h7-9,12-16,19-22H,10-11H2,1-6H3,(H,25,27)(H,26,28)/t13-,14-,15-,16-,19-,20-,21+,22+/m0/s1. The van der Waals surface area contributed by atoms with Gasteiger partial charge >= 0.3 is 12.2 Å². The van der Waals surface area contributed by atoms with Gasteiger partial charge in [-0.05, 0) is 39.8 Å². The Morgan fingerprint density at radius 1 is 0.778 bits per heavy atom. The molecule has 36 heavy (non-hydrogen) atoms. The first-order valence-corrected chi connectivity index (χ1v) is 11.9. The molecule has 0 spiro atoms. The maximum atomic E-state index is 12.2.